The van der Waals surface area contributed by atoms with Crippen LogP contribution in [0.25, 0.3) is 11.1 Å². The summed E-state index contributed by atoms with van der Waals surface area (Å²) in [6.07, 6.45) is 17.0. The number of benzene rings is 2. The minimum Gasteiger partial charge on any atom is -0.508 e. The lowest BCUT2D eigenvalue weighted by Gasteiger charge is -2.28. The first kappa shape index (κ1) is 21.0. The second-order valence-corrected chi connectivity index (χ2v) is 8.87. The van der Waals surface area contributed by atoms with Crippen molar-refractivity contribution in [1.29, 1.82) is 0 Å². The third kappa shape index (κ3) is 6.69. The fraction of sp³-hybridized carbons (Fsp3) is 0.556. The molecule has 1 heteroatoms. The highest BCUT2D eigenvalue weighted by Crippen LogP contribution is 2.34. The summed E-state index contributed by atoms with van der Waals surface area (Å²) in [5, 5.41) is 9.43. The molecule has 0 spiro atoms. The molecule has 1 aliphatic rings. The Hall–Kier alpha value is -1.76. The number of hydrogen-bond acceptors (Lipinski definition) is 1. The molecule has 0 aliphatic heterocycles. The van der Waals surface area contributed by atoms with Gasteiger partial charge in [0.15, 0.2) is 0 Å². The minimum atomic E-state index is 0.326. The predicted octanol–water partition coefficient (Wildman–Crippen LogP) is 8.16. The normalized spacial score (nSPS) is 19.6. The average Bonchev–Trinajstić information content (AvgIpc) is 2.74. The molecule has 152 valence electrons. The molecular formula is C27H38O. The summed E-state index contributed by atoms with van der Waals surface area (Å²) in [7, 11) is 0. The van der Waals surface area contributed by atoms with E-state index < -0.39 is 0 Å². The number of aromatic hydroxyl groups is 1. The summed E-state index contributed by atoms with van der Waals surface area (Å²) in [5.74, 6) is 2.28. The van der Waals surface area contributed by atoms with E-state index in [1.54, 1.807) is 12.1 Å². The van der Waals surface area contributed by atoms with Gasteiger partial charge in [0.1, 0.15) is 5.75 Å². The van der Waals surface area contributed by atoms with Crippen molar-refractivity contribution in [3.63, 3.8) is 0 Å². The van der Waals surface area contributed by atoms with Gasteiger partial charge in [-0.25, -0.2) is 0 Å². The van der Waals surface area contributed by atoms with Crippen LogP contribution in [0.1, 0.15) is 83.1 Å². The number of hydrogen-bond donors (Lipinski definition) is 1. The third-order valence-corrected chi connectivity index (χ3v) is 6.68. The molecule has 1 N–H and O–H groups in total. The highest BCUT2D eigenvalue weighted by atomic mass is 16.3. The molecule has 0 unspecified atom stereocenters. The summed E-state index contributed by atoms with van der Waals surface area (Å²) >= 11 is 0. The van der Waals surface area contributed by atoms with E-state index in [-0.39, 0.29) is 0 Å². The molecule has 2 aromatic carbocycles. The Kier molecular flexibility index (Phi) is 8.45. The first-order valence-corrected chi connectivity index (χ1v) is 11.6. The van der Waals surface area contributed by atoms with E-state index in [1.807, 2.05) is 12.1 Å². The van der Waals surface area contributed by atoms with Crippen molar-refractivity contribution in [2.75, 3.05) is 0 Å². The molecule has 28 heavy (non-hydrogen) atoms. The van der Waals surface area contributed by atoms with Crippen molar-refractivity contribution < 1.29 is 5.11 Å². The largest absolute Gasteiger partial charge is 0.508 e. The van der Waals surface area contributed by atoms with Gasteiger partial charge in [-0.1, -0.05) is 108 Å². The number of unbranched alkanes of at least 4 members (excludes halogenated alkanes) is 4. The van der Waals surface area contributed by atoms with Gasteiger partial charge in [0.05, 0.1) is 0 Å². The lowest BCUT2D eigenvalue weighted by atomic mass is 9.77. The Morgan fingerprint density at radius 1 is 0.679 bits per heavy atom. The Morgan fingerprint density at radius 3 is 1.82 bits per heavy atom. The Balaban J connectivity index is 1.35. The van der Waals surface area contributed by atoms with E-state index in [0.717, 1.165) is 17.4 Å². The van der Waals surface area contributed by atoms with Gasteiger partial charge >= 0.3 is 0 Å². The van der Waals surface area contributed by atoms with Crippen molar-refractivity contribution in [3.05, 3.63) is 54.1 Å². The van der Waals surface area contributed by atoms with Crippen LogP contribution in [0.15, 0.2) is 48.5 Å². The molecule has 0 aromatic heterocycles. The molecule has 3 rings (SSSR count). The van der Waals surface area contributed by atoms with Gasteiger partial charge in [0.2, 0.25) is 0 Å². The molecule has 0 amide bonds. The monoisotopic (exact) mass is 378 g/mol. The molecule has 1 nitrogen and oxygen atoms in total. The van der Waals surface area contributed by atoms with Crippen LogP contribution in [0.4, 0.5) is 0 Å². The van der Waals surface area contributed by atoms with Gasteiger partial charge in [0.25, 0.3) is 0 Å². The fourth-order valence-electron chi connectivity index (χ4n) is 4.73. The number of phenolic OH excluding ortho intramolecular Hbond substituents is 1. The van der Waals surface area contributed by atoms with Crippen LogP contribution in [0.5, 0.6) is 5.75 Å². The zero-order valence-electron chi connectivity index (χ0n) is 17.7. The lowest BCUT2D eigenvalue weighted by Crippen LogP contribution is -2.15. The van der Waals surface area contributed by atoms with E-state index in [4.69, 9.17) is 0 Å². The van der Waals surface area contributed by atoms with Gasteiger partial charge in [-0.3, -0.25) is 0 Å². The van der Waals surface area contributed by atoms with Gasteiger partial charge < -0.3 is 5.11 Å². The maximum Gasteiger partial charge on any atom is 0.115 e. The standard InChI is InChI=1S/C27H38O/c1-2-3-4-5-6-7-22-8-10-23(11-9-22)12-13-24-14-16-25(17-15-24)26-18-20-27(28)21-19-26/h14-23,28H,2-13H2,1H3. The topological polar surface area (TPSA) is 20.2 Å². The molecule has 0 saturated heterocycles. The zero-order chi connectivity index (χ0) is 19.6. The van der Waals surface area contributed by atoms with E-state index in [9.17, 15) is 5.11 Å². The third-order valence-electron chi connectivity index (χ3n) is 6.68. The second-order valence-electron chi connectivity index (χ2n) is 8.87. The number of phenols is 1. The highest BCUT2D eigenvalue weighted by molar-refractivity contribution is 5.64. The van der Waals surface area contributed by atoms with Gasteiger partial charge in [0, 0.05) is 0 Å². The van der Waals surface area contributed by atoms with Crippen LogP contribution in [-0.2, 0) is 6.42 Å². The Labute approximate surface area is 172 Å². The molecule has 1 fully saturated rings. The number of rotatable bonds is 10. The maximum absolute atomic E-state index is 9.43. The first-order valence-electron chi connectivity index (χ1n) is 11.6. The van der Waals surface area contributed by atoms with Crippen molar-refractivity contribution in [3.8, 4) is 16.9 Å². The summed E-state index contributed by atoms with van der Waals surface area (Å²) in [4.78, 5) is 0. The van der Waals surface area contributed by atoms with E-state index in [2.05, 4.69) is 31.2 Å². The maximum atomic E-state index is 9.43. The van der Waals surface area contributed by atoms with Gasteiger partial charge in [-0.15, -0.1) is 0 Å². The molecule has 0 bridgehead atoms. The second kappa shape index (κ2) is 11.3. The molecule has 0 radical (unpaired) electrons. The van der Waals surface area contributed by atoms with Crippen molar-refractivity contribution >= 4 is 0 Å². The summed E-state index contributed by atoms with van der Waals surface area (Å²) < 4.78 is 0. The summed E-state index contributed by atoms with van der Waals surface area (Å²) in [6, 6.07) is 16.5. The van der Waals surface area contributed by atoms with Crippen molar-refractivity contribution in [2.45, 2.75) is 84.0 Å². The van der Waals surface area contributed by atoms with Crippen molar-refractivity contribution in [1.82, 2.24) is 0 Å². The van der Waals surface area contributed by atoms with E-state index in [0.29, 0.717) is 5.75 Å². The first-order chi connectivity index (χ1) is 13.7. The van der Waals surface area contributed by atoms with Crippen LogP contribution in [0, 0.1) is 11.8 Å². The smallest absolute Gasteiger partial charge is 0.115 e. The Morgan fingerprint density at radius 2 is 1.21 bits per heavy atom. The van der Waals surface area contributed by atoms with E-state index in [1.165, 1.54) is 88.2 Å². The molecule has 1 saturated carbocycles. The molecule has 0 heterocycles. The van der Waals surface area contributed by atoms with Crippen LogP contribution in [-0.4, -0.2) is 5.11 Å². The average molecular weight is 379 g/mol. The number of aryl methyl sites for hydroxylation is 1. The SMILES string of the molecule is CCCCCCCC1CCC(CCc2ccc(-c3ccc(O)cc3)cc2)CC1. The molecular weight excluding hydrogens is 340 g/mol. The van der Waals surface area contributed by atoms with Gasteiger partial charge in [-0.2, -0.15) is 0 Å². The fourth-order valence-corrected chi connectivity index (χ4v) is 4.73. The predicted molar refractivity (Wildman–Crippen MR) is 121 cm³/mol. The lowest BCUT2D eigenvalue weighted by molar-refractivity contribution is 0.249. The van der Waals surface area contributed by atoms with Gasteiger partial charge in [-0.05, 0) is 53.5 Å². The molecule has 1 aliphatic carbocycles. The van der Waals surface area contributed by atoms with Crippen LogP contribution in [0.2, 0.25) is 0 Å². The minimum absolute atomic E-state index is 0.326. The Bertz CT molecular complexity index is 662. The molecule has 0 atom stereocenters. The quantitative estimate of drug-likeness (QED) is 0.413. The summed E-state index contributed by atoms with van der Waals surface area (Å²) in [6.45, 7) is 2.30. The summed E-state index contributed by atoms with van der Waals surface area (Å²) in [5.41, 5.74) is 3.85. The molecule has 2 aromatic rings. The highest BCUT2D eigenvalue weighted by Gasteiger charge is 2.20. The van der Waals surface area contributed by atoms with Crippen LogP contribution >= 0.6 is 0 Å². The zero-order valence-corrected chi connectivity index (χ0v) is 17.7. The van der Waals surface area contributed by atoms with Crippen molar-refractivity contribution in [2.24, 2.45) is 11.8 Å². The van der Waals surface area contributed by atoms with Crippen LogP contribution in [0.3, 0.4) is 0 Å². The van der Waals surface area contributed by atoms with Crippen LogP contribution < -0.4 is 0 Å². The van der Waals surface area contributed by atoms with E-state index >= 15 is 0 Å².